The van der Waals surface area contributed by atoms with E-state index < -0.39 is 0 Å². The molecule has 22 heavy (non-hydrogen) atoms. The highest BCUT2D eigenvalue weighted by Gasteiger charge is 2.18. The van der Waals surface area contributed by atoms with E-state index in [2.05, 4.69) is 30.4 Å². The Labute approximate surface area is 129 Å². The number of hydrogen-bond donors (Lipinski definition) is 1. The number of hydrogen-bond acceptors (Lipinski definition) is 2. The molecule has 0 aliphatic carbocycles. The summed E-state index contributed by atoms with van der Waals surface area (Å²) in [7, 11) is 0. The maximum Gasteiger partial charge on any atom is 0.268 e. The summed E-state index contributed by atoms with van der Waals surface area (Å²) in [6.07, 6.45) is 1.65. The first-order chi connectivity index (χ1) is 10.5. The maximum atomic E-state index is 12.4. The second-order valence-corrected chi connectivity index (χ2v) is 5.90. The molecule has 3 rings (SSSR count). The number of benzene rings is 1. The Balaban J connectivity index is 2.02. The molecule has 0 aliphatic rings. The first-order valence-corrected chi connectivity index (χ1v) is 7.48. The third kappa shape index (κ3) is 2.77. The van der Waals surface area contributed by atoms with Crippen molar-refractivity contribution in [3.8, 4) is 0 Å². The van der Waals surface area contributed by atoms with Gasteiger partial charge in [0.05, 0.1) is 11.8 Å². The van der Waals surface area contributed by atoms with Gasteiger partial charge in [-0.2, -0.15) is 0 Å². The van der Waals surface area contributed by atoms with Gasteiger partial charge in [0.15, 0.2) is 5.58 Å². The van der Waals surface area contributed by atoms with E-state index in [-0.39, 0.29) is 11.9 Å². The normalized spacial score (nSPS) is 11.3. The summed E-state index contributed by atoms with van der Waals surface area (Å²) in [5.74, 6) is -0.0750. The van der Waals surface area contributed by atoms with E-state index >= 15 is 0 Å². The van der Waals surface area contributed by atoms with Crippen molar-refractivity contribution >= 4 is 17.0 Å². The lowest BCUT2D eigenvalue weighted by atomic mass is 10.1. The summed E-state index contributed by atoms with van der Waals surface area (Å²) in [6.45, 7) is 6.62. The number of nitrogens with zero attached hydrogens (tertiary/aromatic N) is 1. The second-order valence-electron chi connectivity index (χ2n) is 5.90. The fourth-order valence-corrected chi connectivity index (χ4v) is 2.66. The van der Waals surface area contributed by atoms with E-state index in [4.69, 9.17) is 4.42 Å². The minimum atomic E-state index is -0.0750. The molecule has 0 saturated heterocycles. The van der Waals surface area contributed by atoms with Crippen LogP contribution in [0.1, 0.15) is 35.5 Å². The Hall–Kier alpha value is -2.49. The van der Waals surface area contributed by atoms with Gasteiger partial charge in [-0.15, -0.1) is 0 Å². The Morgan fingerprint density at radius 1 is 1.27 bits per heavy atom. The number of rotatable bonds is 4. The van der Waals surface area contributed by atoms with Crippen LogP contribution in [0.2, 0.25) is 0 Å². The molecular formula is C18H20N2O2. The summed E-state index contributed by atoms with van der Waals surface area (Å²) < 4.78 is 7.46. The smallest absolute Gasteiger partial charge is 0.268 e. The molecule has 0 atom stereocenters. The molecule has 0 spiro atoms. The molecule has 1 aromatic carbocycles. The quantitative estimate of drug-likeness (QED) is 0.797. The summed E-state index contributed by atoms with van der Waals surface area (Å²) in [5.41, 5.74) is 4.68. The zero-order valence-corrected chi connectivity index (χ0v) is 13.1. The SMILES string of the molecule is Cc1cccc(Cn2c(C(=O)NC(C)C)cc3occc32)c1. The lowest BCUT2D eigenvalue weighted by Gasteiger charge is -2.12. The molecule has 3 aromatic rings. The third-order valence-corrected chi connectivity index (χ3v) is 3.60. The number of nitrogens with one attached hydrogen (secondary N) is 1. The molecule has 0 bridgehead atoms. The molecule has 0 radical (unpaired) electrons. The molecule has 4 nitrogen and oxygen atoms in total. The molecular weight excluding hydrogens is 276 g/mol. The Bertz CT molecular complexity index is 811. The standard InChI is InChI=1S/C18H20N2O2/c1-12(2)19-18(21)16-10-17-15(7-8-22-17)20(16)11-14-6-4-5-13(3)9-14/h4-10,12H,11H2,1-3H3,(H,19,21). The highest BCUT2D eigenvalue weighted by atomic mass is 16.3. The fourth-order valence-electron chi connectivity index (χ4n) is 2.66. The monoisotopic (exact) mass is 296 g/mol. The number of amides is 1. The van der Waals surface area contributed by atoms with Crippen molar-refractivity contribution < 1.29 is 9.21 Å². The van der Waals surface area contributed by atoms with Crippen LogP contribution in [-0.4, -0.2) is 16.5 Å². The van der Waals surface area contributed by atoms with E-state index in [0.29, 0.717) is 12.2 Å². The molecule has 2 heterocycles. The summed E-state index contributed by atoms with van der Waals surface area (Å²) in [5, 5.41) is 2.95. The largest absolute Gasteiger partial charge is 0.463 e. The van der Waals surface area contributed by atoms with Crippen LogP contribution >= 0.6 is 0 Å². The molecule has 0 unspecified atom stereocenters. The van der Waals surface area contributed by atoms with Crippen molar-refractivity contribution in [3.05, 3.63) is 59.5 Å². The van der Waals surface area contributed by atoms with Gasteiger partial charge < -0.3 is 14.3 Å². The molecule has 1 amide bonds. The maximum absolute atomic E-state index is 12.4. The third-order valence-electron chi connectivity index (χ3n) is 3.60. The number of furan rings is 1. The topological polar surface area (TPSA) is 47.2 Å². The van der Waals surface area contributed by atoms with E-state index in [0.717, 1.165) is 16.7 Å². The lowest BCUT2D eigenvalue weighted by molar-refractivity contribution is 0.0934. The second kappa shape index (κ2) is 5.72. The van der Waals surface area contributed by atoms with Gasteiger partial charge in [0.25, 0.3) is 5.91 Å². The molecule has 0 aliphatic heterocycles. The first-order valence-electron chi connectivity index (χ1n) is 7.48. The summed E-state index contributed by atoms with van der Waals surface area (Å²) >= 11 is 0. The first kappa shape index (κ1) is 14.4. The number of fused-ring (bicyclic) bond motifs is 1. The average molecular weight is 296 g/mol. The van der Waals surface area contributed by atoms with Crippen LogP contribution in [0.3, 0.4) is 0 Å². The van der Waals surface area contributed by atoms with E-state index in [1.165, 1.54) is 5.56 Å². The van der Waals surface area contributed by atoms with Crippen LogP contribution in [0.5, 0.6) is 0 Å². The minimum absolute atomic E-state index is 0.0750. The number of aromatic nitrogens is 1. The van der Waals surface area contributed by atoms with Gasteiger partial charge in [-0.25, -0.2) is 0 Å². The molecule has 1 N–H and O–H groups in total. The van der Waals surface area contributed by atoms with Gasteiger partial charge >= 0.3 is 0 Å². The van der Waals surface area contributed by atoms with Crippen LogP contribution in [0.15, 0.2) is 47.1 Å². The van der Waals surface area contributed by atoms with E-state index in [1.54, 1.807) is 6.26 Å². The van der Waals surface area contributed by atoms with Crippen molar-refractivity contribution in [1.82, 2.24) is 9.88 Å². The highest BCUT2D eigenvalue weighted by Crippen LogP contribution is 2.23. The molecule has 0 fully saturated rings. The summed E-state index contributed by atoms with van der Waals surface area (Å²) in [4.78, 5) is 12.4. The van der Waals surface area contributed by atoms with Crippen molar-refractivity contribution in [1.29, 1.82) is 0 Å². The average Bonchev–Trinajstić information content (AvgIpc) is 3.01. The predicted molar refractivity (Wildman–Crippen MR) is 87.1 cm³/mol. The van der Waals surface area contributed by atoms with Gasteiger partial charge in [0, 0.05) is 24.7 Å². The van der Waals surface area contributed by atoms with Gasteiger partial charge in [-0.1, -0.05) is 29.8 Å². The predicted octanol–water partition coefficient (Wildman–Crippen LogP) is 3.73. The van der Waals surface area contributed by atoms with Gasteiger partial charge in [0.1, 0.15) is 5.69 Å². The zero-order chi connectivity index (χ0) is 15.7. The van der Waals surface area contributed by atoms with Crippen LogP contribution in [0, 0.1) is 6.92 Å². The van der Waals surface area contributed by atoms with Crippen LogP contribution in [0.4, 0.5) is 0 Å². The van der Waals surface area contributed by atoms with Gasteiger partial charge in [-0.3, -0.25) is 4.79 Å². The Kier molecular flexibility index (Phi) is 3.75. The van der Waals surface area contributed by atoms with Crippen molar-refractivity contribution in [2.75, 3.05) is 0 Å². The Morgan fingerprint density at radius 2 is 2.09 bits per heavy atom. The molecule has 0 saturated carbocycles. The fraction of sp³-hybridized carbons (Fsp3) is 0.278. The molecule has 4 heteroatoms. The minimum Gasteiger partial charge on any atom is -0.463 e. The number of carbonyl (C=O) groups excluding carboxylic acids is 1. The van der Waals surface area contributed by atoms with E-state index in [1.807, 2.05) is 36.6 Å². The van der Waals surface area contributed by atoms with Crippen molar-refractivity contribution in [2.45, 2.75) is 33.4 Å². The lowest BCUT2D eigenvalue weighted by Crippen LogP contribution is -2.31. The van der Waals surface area contributed by atoms with Crippen molar-refractivity contribution in [3.63, 3.8) is 0 Å². The highest BCUT2D eigenvalue weighted by molar-refractivity contribution is 5.97. The van der Waals surface area contributed by atoms with Crippen LogP contribution < -0.4 is 5.32 Å². The van der Waals surface area contributed by atoms with E-state index in [9.17, 15) is 4.79 Å². The van der Waals surface area contributed by atoms with Crippen LogP contribution in [0.25, 0.3) is 11.1 Å². The Morgan fingerprint density at radius 3 is 2.82 bits per heavy atom. The molecule has 114 valence electrons. The number of carbonyl (C=O) groups is 1. The zero-order valence-electron chi connectivity index (χ0n) is 13.1. The van der Waals surface area contributed by atoms with Gasteiger partial charge in [0.2, 0.25) is 0 Å². The molecule has 2 aromatic heterocycles. The van der Waals surface area contributed by atoms with Crippen LogP contribution in [-0.2, 0) is 6.54 Å². The number of aryl methyl sites for hydroxylation is 1. The summed E-state index contributed by atoms with van der Waals surface area (Å²) in [6, 6.07) is 12.1. The van der Waals surface area contributed by atoms with Gasteiger partial charge in [-0.05, 0) is 26.3 Å². The van der Waals surface area contributed by atoms with Crippen molar-refractivity contribution in [2.24, 2.45) is 0 Å².